The third kappa shape index (κ3) is 3.21. The maximum atomic E-state index is 12.1. The highest BCUT2D eigenvalue weighted by Gasteiger charge is 2.31. The van der Waals surface area contributed by atoms with Crippen molar-refractivity contribution in [2.24, 2.45) is 5.41 Å². The van der Waals surface area contributed by atoms with Crippen molar-refractivity contribution in [3.05, 3.63) is 24.5 Å². The molecule has 0 atom stereocenters. The molecule has 0 spiro atoms. The highest BCUT2D eigenvalue weighted by Crippen LogP contribution is 2.41. The fourth-order valence-electron chi connectivity index (χ4n) is 2.08. The molecule has 0 unspecified atom stereocenters. The van der Waals surface area contributed by atoms with Gasteiger partial charge in [-0.05, 0) is 25.0 Å². The lowest BCUT2D eigenvalue weighted by Gasteiger charge is -2.16. The number of carbonyl (C=O) groups is 1. The second-order valence-electron chi connectivity index (χ2n) is 6.61. The van der Waals surface area contributed by atoms with Crippen LogP contribution in [0.25, 0.3) is 11.4 Å². The largest absolute Gasteiger partial charge is 0.299 e. The number of ketones is 1. The van der Waals surface area contributed by atoms with Crippen molar-refractivity contribution in [1.82, 2.24) is 19.7 Å². The molecule has 6 heteroatoms. The molecule has 1 saturated carbocycles. The van der Waals surface area contributed by atoms with Crippen LogP contribution in [0.5, 0.6) is 0 Å². The van der Waals surface area contributed by atoms with Crippen molar-refractivity contribution in [2.75, 3.05) is 5.75 Å². The molecule has 1 fully saturated rings. The Morgan fingerprint density at radius 2 is 2.14 bits per heavy atom. The smallest absolute Gasteiger partial charge is 0.192 e. The Bertz CT molecular complexity index is 671. The molecule has 1 aliphatic rings. The fraction of sp³-hybridized carbons (Fsp3) is 0.500. The van der Waals surface area contributed by atoms with E-state index in [1.807, 2.05) is 32.9 Å². The minimum atomic E-state index is -0.316. The van der Waals surface area contributed by atoms with Gasteiger partial charge < -0.3 is 0 Å². The van der Waals surface area contributed by atoms with Gasteiger partial charge >= 0.3 is 0 Å². The monoisotopic (exact) mass is 316 g/mol. The summed E-state index contributed by atoms with van der Waals surface area (Å²) in [5.41, 5.74) is 0.653. The molecule has 0 saturated heterocycles. The highest BCUT2D eigenvalue weighted by molar-refractivity contribution is 7.99. The van der Waals surface area contributed by atoms with Crippen LogP contribution >= 0.6 is 11.8 Å². The van der Waals surface area contributed by atoms with E-state index in [-0.39, 0.29) is 11.2 Å². The zero-order valence-corrected chi connectivity index (χ0v) is 13.9. The van der Waals surface area contributed by atoms with Crippen LogP contribution in [0.2, 0.25) is 0 Å². The molecule has 2 aromatic rings. The first kappa shape index (κ1) is 15.2. The zero-order valence-electron chi connectivity index (χ0n) is 13.1. The Hall–Kier alpha value is -1.69. The maximum Gasteiger partial charge on any atom is 0.192 e. The van der Waals surface area contributed by atoms with Crippen molar-refractivity contribution in [3.8, 4) is 11.4 Å². The van der Waals surface area contributed by atoms with Crippen LogP contribution in [-0.4, -0.2) is 31.3 Å². The van der Waals surface area contributed by atoms with Gasteiger partial charge in [0.2, 0.25) is 0 Å². The second kappa shape index (κ2) is 5.83. The van der Waals surface area contributed by atoms with Gasteiger partial charge in [0, 0.05) is 29.4 Å². The van der Waals surface area contributed by atoms with E-state index in [0.29, 0.717) is 11.8 Å². The Balaban J connectivity index is 1.84. The number of Topliss-reactive ketones (excluding diaryl/α,β-unsaturated/α-hetero) is 1. The van der Waals surface area contributed by atoms with E-state index in [4.69, 9.17) is 0 Å². The van der Waals surface area contributed by atoms with Crippen molar-refractivity contribution in [3.63, 3.8) is 0 Å². The lowest BCUT2D eigenvalue weighted by Crippen LogP contribution is -2.22. The number of pyridine rings is 1. The molecule has 0 aliphatic heterocycles. The first-order chi connectivity index (χ1) is 10.5. The standard InChI is InChI=1S/C16H20N4OS/c1-16(2,3)13(21)10-22-15-19-18-14(20(15)12-6-7-12)11-5-4-8-17-9-11/h4-5,8-9,12H,6-7,10H2,1-3H3. The summed E-state index contributed by atoms with van der Waals surface area (Å²) in [6, 6.07) is 4.35. The van der Waals surface area contributed by atoms with Crippen LogP contribution < -0.4 is 0 Å². The van der Waals surface area contributed by atoms with E-state index >= 15 is 0 Å². The van der Waals surface area contributed by atoms with Gasteiger partial charge in [-0.15, -0.1) is 10.2 Å². The van der Waals surface area contributed by atoms with Crippen molar-refractivity contribution in [2.45, 2.75) is 44.8 Å². The Morgan fingerprint density at radius 3 is 2.73 bits per heavy atom. The van der Waals surface area contributed by atoms with Crippen LogP contribution in [0, 0.1) is 5.41 Å². The van der Waals surface area contributed by atoms with Gasteiger partial charge in [0.15, 0.2) is 11.0 Å². The lowest BCUT2D eigenvalue weighted by atomic mass is 9.92. The average molecular weight is 316 g/mol. The van der Waals surface area contributed by atoms with Gasteiger partial charge in [0.25, 0.3) is 0 Å². The van der Waals surface area contributed by atoms with E-state index in [9.17, 15) is 4.79 Å². The van der Waals surface area contributed by atoms with Gasteiger partial charge in [-0.1, -0.05) is 32.5 Å². The molecule has 0 aromatic carbocycles. The fourth-order valence-corrected chi connectivity index (χ4v) is 3.24. The summed E-state index contributed by atoms with van der Waals surface area (Å²) >= 11 is 1.49. The number of nitrogens with zero attached hydrogens (tertiary/aromatic N) is 4. The first-order valence-corrected chi connectivity index (χ1v) is 8.47. The molecule has 2 heterocycles. The molecular formula is C16H20N4OS. The number of hydrogen-bond acceptors (Lipinski definition) is 5. The summed E-state index contributed by atoms with van der Waals surface area (Å²) in [6.07, 6.45) is 5.84. The van der Waals surface area contributed by atoms with E-state index in [2.05, 4.69) is 19.7 Å². The van der Waals surface area contributed by atoms with Gasteiger partial charge in [0.05, 0.1) is 5.75 Å². The first-order valence-electron chi connectivity index (χ1n) is 7.48. The number of hydrogen-bond donors (Lipinski definition) is 0. The molecule has 0 radical (unpaired) electrons. The van der Waals surface area contributed by atoms with Gasteiger partial charge in [-0.2, -0.15) is 0 Å². The maximum absolute atomic E-state index is 12.1. The number of thioether (sulfide) groups is 1. The minimum Gasteiger partial charge on any atom is -0.299 e. The molecule has 3 rings (SSSR count). The van der Waals surface area contributed by atoms with E-state index in [1.165, 1.54) is 11.8 Å². The van der Waals surface area contributed by atoms with Gasteiger partial charge in [-0.25, -0.2) is 0 Å². The Kier molecular flexibility index (Phi) is 4.04. The Morgan fingerprint density at radius 1 is 1.36 bits per heavy atom. The van der Waals surface area contributed by atoms with Crippen molar-refractivity contribution >= 4 is 17.5 Å². The summed E-state index contributed by atoms with van der Waals surface area (Å²) in [5.74, 6) is 1.51. The number of rotatable bonds is 5. The molecule has 0 N–H and O–H groups in total. The summed E-state index contributed by atoms with van der Waals surface area (Å²) < 4.78 is 2.16. The molecule has 1 aliphatic carbocycles. The third-order valence-corrected chi connectivity index (χ3v) is 4.61. The quantitative estimate of drug-likeness (QED) is 0.791. The van der Waals surface area contributed by atoms with Gasteiger partial charge in [0.1, 0.15) is 5.78 Å². The molecular weight excluding hydrogens is 296 g/mol. The molecule has 5 nitrogen and oxygen atoms in total. The van der Waals surface area contributed by atoms with Crippen LogP contribution in [0.1, 0.15) is 39.7 Å². The highest BCUT2D eigenvalue weighted by atomic mass is 32.2. The number of carbonyl (C=O) groups excluding carboxylic acids is 1. The zero-order chi connectivity index (χ0) is 15.7. The summed E-state index contributed by atoms with van der Waals surface area (Å²) in [5, 5.41) is 9.46. The van der Waals surface area contributed by atoms with E-state index in [1.54, 1.807) is 12.4 Å². The molecule has 0 amide bonds. The lowest BCUT2D eigenvalue weighted by molar-refractivity contribution is -0.123. The van der Waals surface area contributed by atoms with Crippen molar-refractivity contribution < 1.29 is 4.79 Å². The van der Waals surface area contributed by atoms with Crippen LogP contribution in [0.15, 0.2) is 29.7 Å². The van der Waals surface area contributed by atoms with Crippen LogP contribution in [-0.2, 0) is 4.79 Å². The third-order valence-electron chi connectivity index (χ3n) is 3.67. The SMILES string of the molecule is CC(C)(C)C(=O)CSc1nnc(-c2cccnc2)n1C1CC1. The van der Waals surface area contributed by atoms with Crippen LogP contribution in [0.4, 0.5) is 0 Å². The molecule has 0 bridgehead atoms. The molecule has 2 aromatic heterocycles. The average Bonchev–Trinajstić information content (AvgIpc) is 3.24. The minimum absolute atomic E-state index is 0.228. The van der Waals surface area contributed by atoms with Crippen LogP contribution in [0.3, 0.4) is 0 Å². The van der Waals surface area contributed by atoms with Crippen molar-refractivity contribution in [1.29, 1.82) is 0 Å². The topological polar surface area (TPSA) is 60.7 Å². The normalized spacial score (nSPS) is 15.0. The molecule has 22 heavy (non-hydrogen) atoms. The second-order valence-corrected chi connectivity index (χ2v) is 7.55. The summed E-state index contributed by atoms with van der Waals surface area (Å²) in [7, 11) is 0. The molecule has 116 valence electrons. The van der Waals surface area contributed by atoms with Gasteiger partial charge in [-0.3, -0.25) is 14.3 Å². The summed E-state index contributed by atoms with van der Waals surface area (Å²) in [6.45, 7) is 5.84. The van der Waals surface area contributed by atoms with E-state index in [0.717, 1.165) is 29.4 Å². The van der Waals surface area contributed by atoms with E-state index < -0.39 is 0 Å². The predicted molar refractivity (Wildman–Crippen MR) is 86.7 cm³/mol. The predicted octanol–water partition coefficient (Wildman–Crippen LogP) is 3.38. The Labute approximate surface area is 134 Å². The number of aromatic nitrogens is 4. The summed E-state index contributed by atoms with van der Waals surface area (Å²) in [4.78, 5) is 16.3.